The van der Waals surface area contributed by atoms with E-state index in [1.807, 2.05) is 29.6 Å². The number of rotatable bonds is 2. The highest BCUT2D eigenvalue weighted by atomic mass is 79.9. The van der Waals surface area contributed by atoms with E-state index in [0.717, 1.165) is 15.6 Å². The first-order valence-electron chi connectivity index (χ1n) is 5.01. The van der Waals surface area contributed by atoms with Crippen molar-refractivity contribution in [3.05, 3.63) is 57.8 Å². The van der Waals surface area contributed by atoms with Gasteiger partial charge in [-0.3, -0.25) is 4.79 Å². The number of benzene rings is 1. The molecule has 0 bridgehead atoms. The Bertz CT molecular complexity index is 696. The number of halogens is 1. The zero-order chi connectivity index (χ0) is 11.8. The van der Waals surface area contributed by atoms with Gasteiger partial charge in [0.05, 0.1) is 11.8 Å². The van der Waals surface area contributed by atoms with Crippen LogP contribution in [0.2, 0.25) is 0 Å². The van der Waals surface area contributed by atoms with Crippen molar-refractivity contribution in [3.63, 3.8) is 0 Å². The van der Waals surface area contributed by atoms with Crippen LogP contribution in [0.15, 0.2) is 51.1 Å². The Hall–Kier alpha value is -1.39. The van der Waals surface area contributed by atoms with Gasteiger partial charge in [-0.1, -0.05) is 12.1 Å². The Morgan fingerprint density at radius 2 is 2.06 bits per heavy atom. The van der Waals surface area contributed by atoms with E-state index in [-0.39, 0.29) is 5.78 Å². The molecule has 1 aromatic carbocycles. The summed E-state index contributed by atoms with van der Waals surface area (Å²) in [6, 6.07) is 9.45. The molecule has 0 aliphatic carbocycles. The van der Waals surface area contributed by atoms with Gasteiger partial charge in [-0.05, 0) is 44.9 Å². The van der Waals surface area contributed by atoms with Gasteiger partial charge in [0, 0.05) is 10.3 Å². The van der Waals surface area contributed by atoms with Crippen LogP contribution < -0.4 is 0 Å². The molecule has 84 valence electrons. The first kappa shape index (κ1) is 10.7. The summed E-state index contributed by atoms with van der Waals surface area (Å²) in [5.41, 5.74) is 1.28. The van der Waals surface area contributed by atoms with Crippen molar-refractivity contribution in [3.8, 4) is 0 Å². The lowest BCUT2D eigenvalue weighted by molar-refractivity contribution is 0.103. The molecule has 2 heterocycles. The van der Waals surface area contributed by atoms with E-state index in [2.05, 4.69) is 15.9 Å². The number of ketones is 1. The van der Waals surface area contributed by atoms with Gasteiger partial charge >= 0.3 is 0 Å². The van der Waals surface area contributed by atoms with Crippen molar-refractivity contribution < 1.29 is 9.21 Å². The van der Waals surface area contributed by atoms with E-state index in [4.69, 9.17) is 4.42 Å². The maximum Gasteiger partial charge on any atom is 0.198 e. The van der Waals surface area contributed by atoms with Gasteiger partial charge in [-0.25, -0.2) is 0 Å². The second-order valence-electron chi connectivity index (χ2n) is 3.58. The van der Waals surface area contributed by atoms with Crippen LogP contribution in [0.3, 0.4) is 0 Å². The van der Waals surface area contributed by atoms with Crippen LogP contribution >= 0.6 is 27.3 Å². The second-order valence-corrected chi connectivity index (χ2v) is 5.22. The van der Waals surface area contributed by atoms with Crippen LogP contribution in [0.4, 0.5) is 0 Å². The summed E-state index contributed by atoms with van der Waals surface area (Å²) in [4.78, 5) is 12.4. The summed E-state index contributed by atoms with van der Waals surface area (Å²) in [6.07, 6.45) is 1.51. The summed E-state index contributed by atoms with van der Waals surface area (Å²) in [6.45, 7) is 0. The van der Waals surface area contributed by atoms with Gasteiger partial charge < -0.3 is 4.42 Å². The third kappa shape index (κ3) is 1.73. The first-order chi connectivity index (χ1) is 8.27. The van der Waals surface area contributed by atoms with Gasteiger partial charge in [0.15, 0.2) is 10.5 Å². The average molecular weight is 307 g/mol. The van der Waals surface area contributed by atoms with Crippen molar-refractivity contribution in [2.75, 3.05) is 0 Å². The van der Waals surface area contributed by atoms with Gasteiger partial charge in [-0.15, -0.1) is 11.3 Å². The van der Waals surface area contributed by atoms with Crippen LogP contribution in [0, 0.1) is 0 Å². The van der Waals surface area contributed by atoms with Crippen molar-refractivity contribution >= 4 is 43.1 Å². The minimum atomic E-state index is -0.0151. The minimum absolute atomic E-state index is 0.0151. The molecule has 3 rings (SSSR count). The van der Waals surface area contributed by atoms with E-state index < -0.39 is 0 Å². The number of carbonyl (C=O) groups excluding carboxylic acids is 1. The van der Waals surface area contributed by atoms with Crippen LogP contribution in [0.5, 0.6) is 0 Å². The molecule has 4 heteroatoms. The molecule has 0 aliphatic heterocycles. The standard InChI is InChI=1S/C13H7BrO2S/c14-13-10(4-6-16-13)11(15)9-3-1-2-8-5-7-17-12(8)9/h1-7H. The van der Waals surface area contributed by atoms with Gasteiger partial charge in [-0.2, -0.15) is 0 Å². The molecule has 2 aromatic heterocycles. The van der Waals surface area contributed by atoms with E-state index >= 15 is 0 Å². The molecule has 0 saturated heterocycles. The van der Waals surface area contributed by atoms with E-state index in [1.165, 1.54) is 6.26 Å². The monoisotopic (exact) mass is 306 g/mol. The number of hydrogen-bond donors (Lipinski definition) is 0. The van der Waals surface area contributed by atoms with Gasteiger partial charge in [0.25, 0.3) is 0 Å². The first-order valence-corrected chi connectivity index (χ1v) is 6.68. The predicted octanol–water partition coefficient (Wildman–Crippen LogP) is 4.49. The molecule has 0 radical (unpaired) electrons. The molecule has 0 N–H and O–H groups in total. The zero-order valence-electron chi connectivity index (χ0n) is 8.64. The number of hydrogen-bond acceptors (Lipinski definition) is 3. The fourth-order valence-electron chi connectivity index (χ4n) is 1.77. The molecular weight excluding hydrogens is 300 g/mol. The minimum Gasteiger partial charge on any atom is -0.457 e. The van der Waals surface area contributed by atoms with E-state index in [9.17, 15) is 4.79 Å². The molecular formula is C13H7BrO2S. The fourth-order valence-corrected chi connectivity index (χ4v) is 3.10. The molecule has 0 spiro atoms. The van der Waals surface area contributed by atoms with Gasteiger partial charge in [0.1, 0.15) is 0 Å². The maximum absolute atomic E-state index is 12.4. The summed E-state index contributed by atoms with van der Waals surface area (Å²) in [7, 11) is 0. The molecule has 0 fully saturated rings. The number of furan rings is 1. The van der Waals surface area contributed by atoms with Crippen LogP contribution in [0.1, 0.15) is 15.9 Å². The Morgan fingerprint density at radius 3 is 2.82 bits per heavy atom. The number of fused-ring (bicyclic) bond motifs is 1. The molecule has 0 amide bonds. The van der Waals surface area contributed by atoms with Crippen LogP contribution in [-0.4, -0.2) is 5.78 Å². The quantitative estimate of drug-likeness (QED) is 0.653. The maximum atomic E-state index is 12.4. The Morgan fingerprint density at radius 1 is 1.18 bits per heavy atom. The lowest BCUT2D eigenvalue weighted by atomic mass is 10.0. The average Bonchev–Trinajstić information content (AvgIpc) is 2.95. The smallest absolute Gasteiger partial charge is 0.198 e. The molecule has 2 nitrogen and oxygen atoms in total. The molecule has 0 saturated carbocycles. The van der Waals surface area contributed by atoms with Crippen molar-refractivity contribution in [1.82, 2.24) is 0 Å². The third-order valence-electron chi connectivity index (χ3n) is 2.59. The number of carbonyl (C=O) groups is 1. The third-order valence-corrected chi connectivity index (χ3v) is 4.16. The fraction of sp³-hybridized carbons (Fsp3) is 0. The topological polar surface area (TPSA) is 30.2 Å². The van der Waals surface area contributed by atoms with Crippen molar-refractivity contribution in [1.29, 1.82) is 0 Å². The Balaban J connectivity index is 2.19. The highest BCUT2D eigenvalue weighted by Gasteiger charge is 2.17. The zero-order valence-corrected chi connectivity index (χ0v) is 11.0. The summed E-state index contributed by atoms with van der Waals surface area (Å²) < 4.78 is 6.60. The normalized spacial score (nSPS) is 10.9. The second kappa shape index (κ2) is 4.13. The summed E-state index contributed by atoms with van der Waals surface area (Å²) in [5, 5.41) is 3.09. The predicted molar refractivity (Wildman–Crippen MR) is 71.7 cm³/mol. The largest absolute Gasteiger partial charge is 0.457 e. The lowest BCUT2D eigenvalue weighted by Gasteiger charge is -2.00. The Kier molecular flexibility index (Phi) is 2.61. The van der Waals surface area contributed by atoms with Crippen molar-refractivity contribution in [2.24, 2.45) is 0 Å². The SMILES string of the molecule is O=C(c1ccoc1Br)c1cccc2ccsc12. The number of thiophene rings is 1. The van der Waals surface area contributed by atoms with E-state index in [1.54, 1.807) is 17.4 Å². The molecule has 0 unspecified atom stereocenters. The summed E-state index contributed by atoms with van der Waals surface area (Å²) in [5.74, 6) is -0.0151. The molecule has 0 aliphatic rings. The lowest BCUT2D eigenvalue weighted by Crippen LogP contribution is -2.00. The summed E-state index contributed by atoms with van der Waals surface area (Å²) >= 11 is 4.81. The van der Waals surface area contributed by atoms with Gasteiger partial charge in [0.2, 0.25) is 0 Å². The van der Waals surface area contributed by atoms with Crippen molar-refractivity contribution in [2.45, 2.75) is 0 Å². The van der Waals surface area contributed by atoms with Crippen LogP contribution in [-0.2, 0) is 0 Å². The molecule has 3 aromatic rings. The van der Waals surface area contributed by atoms with E-state index in [0.29, 0.717) is 10.2 Å². The van der Waals surface area contributed by atoms with Crippen LogP contribution in [0.25, 0.3) is 10.1 Å². The molecule has 0 atom stereocenters. The highest BCUT2D eigenvalue weighted by molar-refractivity contribution is 9.10. The Labute approximate surface area is 110 Å². The molecule has 17 heavy (non-hydrogen) atoms. The highest BCUT2D eigenvalue weighted by Crippen LogP contribution is 2.28.